The first-order valence-electron chi connectivity index (χ1n) is 11.2. The molecule has 0 spiro atoms. The number of aryl methyl sites for hydroxylation is 2. The molecule has 0 bridgehead atoms. The molecule has 0 radical (unpaired) electrons. The Bertz CT molecular complexity index is 814. The van der Waals surface area contributed by atoms with Gasteiger partial charge < -0.3 is 9.80 Å². The fourth-order valence-corrected chi connectivity index (χ4v) is 4.61. The Kier molecular flexibility index (Phi) is 7.17. The summed E-state index contributed by atoms with van der Waals surface area (Å²) in [5, 5.41) is 5.78. The second-order valence-corrected chi connectivity index (χ2v) is 8.15. The van der Waals surface area contributed by atoms with Gasteiger partial charge in [0.05, 0.1) is 11.2 Å². The molecule has 2 fully saturated rings. The van der Waals surface area contributed by atoms with Gasteiger partial charge in [0, 0.05) is 70.9 Å². The maximum absolute atomic E-state index is 11.5. The number of amides is 1. The van der Waals surface area contributed by atoms with Crippen LogP contribution in [0.4, 0.5) is 5.69 Å². The number of hydrogen-bond donors (Lipinski definition) is 0. The monoisotopic (exact) mass is 399 g/mol. The molecule has 0 atom stereocenters. The van der Waals surface area contributed by atoms with Gasteiger partial charge in [-0.2, -0.15) is 5.10 Å². The van der Waals surface area contributed by atoms with Crippen LogP contribution in [0.5, 0.6) is 0 Å². The van der Waals surface area contributed by atoms with Crippen LogP contribution in [0.1, 0.15) is 39.3 Å². The molecule has 0 saturated carbocycles. The van der Waals surface area contributed by atoms with Crippen LogP contribution in [0.3, 0.4) is 0 Å². The fraction of sp³-hybridized carbons (Fsp3) is 0.652. The zero-order chi connectivity index (χ0) is 21.0. The number of aromatic nitrogens is 2. The van der Waals surface area contributed by atoms with Crippen LogP contribution in [0.2, 0.25) is 0 Å². The average molecular weight is 400 g/mol. The molecule has 0 N–H and O–H groups in total. The summed E-state index contributed by atoms with van der Waals surface area (Å²) in [4.78, 5) is 18.6. The van der Waals surface area contributed by atoms with Crippen molar-refractivity contribution in [3.63, 3.8) is 0 Å². The van der Waals surface area contributed by atoms with E-state index in [0.29, 0.717) is 0 Å². The van der Waals surface area contributed by atoms with E-state index in [-0.39, 0.29) is 5.91 Å². The van der Waals surface area contributed by atoms with Gasteiger partial charge in [0.25, 0.3) is 0 Å². The van der Waals surface area contributed by atoms with E-state index < -0.39 is 0 Å². The molecule has 6 nitrogen and oxygen atoms in total. The first-order chi connectivity index (χ1) is 14.0. The van der Waals surface area contributed by atoms with Gasteiger partial charge in [-0.1, -0.05) is 13.8 Å². The van der Waals surface area contributed by atoms with Crippen molar-refractivity contribution in [1.29, 1.82) is 0 Å². The normalized spacial score (nSPS) is 18.7. The lowest BCUT2D eigenvalue weighted by molar-refractivity contribution is -0.130. The quantitative estimate of drug-likeness (QED) is 0.794. The molecule has 1 aromatic carbocycles. The summed E-state index contributed by atoms with van der Waals surface area (Å²) in [6.45, 7) is 15.2. The zero-order valence-electron chi connectivity index (χ0n) is 18.8. The molecule has 2 aliphatic rings. The Balaban J connectivity index is 0.00000117. The number of anilines is 1. The van der Waals surface area contributed by atoms with Gasteiger partial charge in [0.2, 0.25) is 5.91 Å². The molecule has 160 valence electrons. The number of nitrogens with zero attached hydrogens (tertiary/aromatic N) is 5. The van der Waals surface area contributed by atoms with Gasteiger partial charge in [-0.25, -0.2) is 0 Å². The highest BCUT2D eigenvalue weighted by Crippen LogP contribution is 2.25. The molecule has 2 saturated heterocycles. The predicted octanol–water partition coefficient (Wildman–Crippen LogP) is 3.29. The summed E-state index contributed by atoms with van der Waals surface area (Å²) in [7, 11) is 2.02. The molecule has 2 aliphatic heterocycles. The van der Waals surface area contributed by atoms with E-state index in [1.165, 1.54) is 23.1 Å². The maximum atomic E-state index is 11.5. The summed E-state index contributed by atoms with van der Waals surface area (Å²) >= 11 is 0. The minimum atomic E-state index is 0.225. The van der Waals surface area contributed by atoms with Gasteiger partial charge in [-0.3, -0.25) is 14.4 Å². The van der Waals surface area contributed by atoms with Crippen LogP contribution in [-0.2, 0) is 11.8 Å². The van der Waals surface area contributed by atoms with Crippen LogP contribution in [0.15, 0.2) is 18.2 Å². The summed E-state index contributed by atoms with van der Waals surface area (Å²) in [6, 6.07) is 6.73. The fourth-order valence-electron chi connectivity index (χ4n) is 4.61. The van der Waals surface area contributed by atoms with E-state index in [2.05, 4.69) is 40.0 Å². The lowest BCUT2D eigenvalue weighted by Gasteiger charge is -2.39. The molecule has 1 amide bonds. The number of likely N-dealkylation sites (tertiary alicyclic amines) is 1. The average Bonchev–Trinajstić information content (AvgIpc) is 3.03. The minimum absolute atomic E-state index is 0.225. The summed E-state index contributed by atoms with van der Waals surface area (Å²) in [5.74, 6) is 0.962. The largest absolute Gasteiger partial charge is 0.369 e. The van der Waals surface area contributed by atoms with Crippen molar-refractivity contribution in [1.82, 2.24) is 19.6 Å². The third-order valence-corrected chi connectivity index (χ3v) is 6.33. The van der Waals surface area contributed by atoms with Crippen molar-refractivity contribution in [2.75, 3.05) is 50.7 Å². The van der Waals surface area contributed by atoms with Gasteiger partial charge in [-0.05, 0) is 43.9 Å². The van der Waals surface area contributed by atoms with Crippen LogP contribution in [-0.4, -0.2) is 71.3 Å². The van der Waals surface area contributed by atoms with Gasteiger partial charge in [0.1, 0.15) is 0 Å². The molecule has 2 aromatic rings. The standard InChI is InChI=1S/C21H31N5O.C2H6/c1-16-20-5-4-19(14-21(20)23(3)22-16)26-12-10-24(11-13-26)15-18-6-8-25(9-7-18)17(2)27;1-2/h4-5,14,18H,6-13,15H2,1-3H3;1-2H3. The lowest BCUT2D eigenvalue weighted by Crippen LogP contribution is -2.49. The van der Waals surface area contributed by atoms with Crippen molar-refractivity contribution in [3.05, 3.63) is 23.9 Å². The highest BCUT2D eigenvalue weighted by molar-refractivity contribution is 5.85. The predicted molar refractivity (Wildman–Crippen MR) is 120 cm³/mol. The van der Waals surface area contributed by atoms with E-state index in [1.807, 2.05) is 30.5 Å². The highest BCUT2D eigenvalue weighted by Gasteiger charge is 2.25. The first-order valence-corrected chi connectivity index (χ1v) is 11.2. The summed E-state index contributed by atoms with van der Waals surface area (Å²) in [6.07, 6.45) is 2.30. The Labute approximate surface area is 175 Å². The molecule has 1 aromatic heterocycles. The molecule has 29 heavy (non-hydrogen) atoms. The number of hydrogen-bond acceptors (Lipinski definition) is 4. The number of rotatable bonds is 3. The highest BCUT2D eigenvalue weighted by atomic mass is 16.2. The molecule has 0 unspecified atom stereocenters. The molecular formula is C23H37N5O. The number of piperazine rings is 1. The van der Waals surface area contributed by atoms with Crippen LogP contribution in [0, 0.1) is 12.8 Å². The molecule has 4 rings (SSSR count). The molecule has 6 heteroatoms. The number of piperidine rings is 1. The van der Waals surface area contributed by atoms with Gasteiger partial charge in [-0.15, -0.1) is 0 Å². The number of carbonyl (C=O) groups is 1. The van der Waals surface area contributed by atoms with E-state index >= 15 is 0 Å². The third kappa shape index (κ3) is 4.92. The third-order valence-electron chi connectivity index (χ3n) is 6.33. The van der Waals surface area contributed by atoms with Crippen LogP contribution >= 0.6 is 0 Å². The summed E-state index contributed by atoms with van der Waals surface area (Å²) in [5.41, 5.74) is 3.62. The van der Waals surface area contributed by atoms with Crippen LogP contribution in [0.25, 0.3) is 10.9 Å². The van der Waals surface area contributed by atoms with E-state index in [0.717, 1.165) is 63.7 Å². The Hall–Kier alpha value is -2.08. The number of carbonyl (C=O) groups excluding carboxylic acids is 1. The second-order valence-electron chi connectivity index (χ2n) is 8.15. The molecular weight excluding hydrogens is 362 g/mol. The Morgan fingerprint density at radius 2 is 1.72 bits per heavy atom. The van der Waals surface area contributed by atoms with Gasteiger partial charge in [0.15, 0.2) is 0 Å². The topological polar surface area (TPSA) is 44.6 Å². The van der Waals surface area contributed by atoms with Crippen LogP contribution < -0.4 is 4.90 Å². The smallest absolute Gasteiger partial charge is 0.219 e. The molecule has 3 heterocycles. The first kappa shape index (κ1) is 21.6. The molecule has 0 aliphatic carbocycles. The lowest BCUT2D eigenvalue weighted by atomic mass is 9.96. The Morgan fingerprint density at radius 3 is 2.34 bits per heavy atom. The summed E-state index contributed by atoms with van der Waals surface area (Å²) < 4.78 is 1.98. The zero-order valence-corrected chi connectivity index (χ0v) is 18.8. The van der Waals surface area contributed by atoms with Crippen molar-refractivity contribution < 1.29 is 4.79 Å². The van der Waals surface area contributed by atoms with E-state index in [1.54, 1.807) is 6.92 Å². The number of benzene rings is 1. The van der Waals surface area contributed by atoms with Crippen molar-refractivity contribution in [2.45, 2.75) is 40.5 Å². The second kappa shape index (κ2) is 9.61. The maximum Gasteiger partial charge on any atom is 0.219 e. The Morgan fingerprint density at radius 1 is 1.07 bits per heavy atom. The minimum Gasteiger partial charge on any atom is -0.369 e. The van der Waals surface area contributed by atoms with Crippen molar-refractivity contribution in [3.8, 4) is 0 Å². The number of fused-ring (bicyclic) bond motifs is 1. The van der Waals surface area contributed by atoms with Crippen molar-refractivity contribution in [2.24, 2.45) is 13.0 Å². The SMILES string of the molecule is CC.CC(=O)N1CCC(CN2CCN(c3ccc4c(C)nn(C)c4c3)CC2)CC1. The van der Waals surface area contributed by atoms with E-state index in [4.69, 9.17) is 0 Å². The van der Waals surface area contributed by atoms with Crippen molar-refractivity contribution >= 4 is 22.5 Å². The van der Waals surface area contributed by atoms with E-state index in [9.17, 15) is 4.79 Å². The van der Waals surface area contributed by atoms with Gasteiger partial charge >= 0.3 is 0 Å².